The molecule has 1 heterocycles. The third-order valence-corrected chi connectivity index (χ3v) is 4.29. The van der Waals surface area contributed by atoms with E-state index in [-0.39, 0.29) is 0 Å². The number of aromatic nitrogens is 1. The number of nitrogens with zero attached hydrogens (tertiary/aromatic N) is 1. The molecule has 0 aliphatic heterocycles. The second kappa shape index (κ2) is 7.92. The Morgan fingerprint density at radius 2 is 1.95 bits per heavy atom. The minimum Gasteiger partial charge on any atom is -0.485 e. The highest BCUT2D eigenvalue weighted by atomic mass is 79.9. The van der Waals surface area contributed by atoms with Gasteiger partial charge in [-0.1, -0.05) is 13.0 Å². The van der Waals surface area contributed by atoms with Gasteiger partial charge in [0, 0.05) is 12.7 Å². The molecule has 21 heavy (non-hydrogen) atoms. The van der Waals surface area contributed by atoms with Crippen molar-refractivity contribution in [1.29, 1.82) is 0 Å². The molecular formula is C16H18Br2N2O. The Balaban J connectivity index is 2.12. The molecule has 0 bridgehead atoms. The first-order valence-electron chi connectivity index (χ1n) is 6.83. The molecule has 0 unspecified atom stereocenters. The average molecular weight is 414 g/mol. The van der Waals surface area contributed by atoms with Gasteiger partial charge in [0.05, 0.1) is 14.6 Å². The van der Waals surface area contributed by atoms with Gasteiger partial charge in [-0.05, 0) is 74.7 Å². The predicted octanol–water partition coefficient (Wildman–Crippen LogP) is 4.60. The van der Waals surface area contributed by atoms with E-state index in [2.05, 4.69) is 61.2 Å². The van der Waals surface area contributed by atoms with Gasteiger partial charge in [0.1, 0.15) is 12.4 Å². The fraction of sp³-hybridized carbons (Fsp3) is 0.312. The van der Waals surface area contributed by atoms with E-state index in [0.717, 1.165) is 39.0 Å². The molecule has 0 aliphatic rings. The first-order valence-corrected chi connectivity index (χ1v) is 8.42. The highest BCUT2D eigenvalue weighted by molar-refractivity contribution is 9.11. The van der Waals surface area contributed by atoms with Crippen molar-refractivity contribution in [2.24, 2.45) is 0 Å². The van der Waals surface area contributed by atoms with E-state index in [1.165, 1.54) is 5.56 Å². The smallest absolute Gasteiger partial charge is 0.148 e. The van der Waals surface area contributed by atoms with Gasteiger partial charge in [-0.15, -0.1) is 0 Å². The van der Waals surface area contributed by atoms with Crippen LogP contribution in [0.4, 0.5) is 0 Å². The topological polar surface area (TPSA) is 34.1 Å². The van der Waals surface area contributed by atoms with Crippen molar-refractivity contribution >= 4 is 31.9 Å². The van der Waals surface area contributed by atoms with Crippen molar-refractivity contribution in [3.05, 3.63) is 56.2 Å². The quantitative estimate of drug-likeness (QED) is 0.751. The lowest BCUT2D eigenvalue weighted by molar-refractivity contribution is 0.296. The number of aryl methyl sites for hydroxylation is 1. The minimum atomic E-state index is 0.455. The maximum atomic E-state index is 5.92. The third-order valence-electron chi connectivity index (χ3n) is 3.11. The first kappa shape index (κ1) is 16.5. The molecule has 0 fully saturated rings. The van der Waals surface area contributed by atoms with Crippen LogP contribution in [0.3, 0.4) is 0 Å². The second-order valence-electron chi connectivity index (χ2n) is 4.72. The van der Waals surface area contributed by atoms with Gasteiger partial charge in [-0.2, -0.15) is 0 Å². The average Bonchev–Trinajstić information content (AvgIpc) is 2.46. The van der Waals surface area contributed by atoms with Gasteiger partial charge in [0.25, 0.3) is 0 Å². The predicted molar refractivity (Wildman–Crippen MR) is 92.5 cm³/mol. The number of rotatable bonds is 6. The van der Waals surface area contributed by atoms with Crippen molar-refractivity contribution < 1.29 is 4.74 Å². The van der Waals surface area contributed by atoms with E-state index in [1.807, 2.05) is 19.1 Å². The summed E-state index contributed by atoms with van der Waals surface area (Å²) in [5, 5.41) is 3.31. The summed E-state index contributed by atoms with van der Waals surface area (Å²) in [5.41, 5.74) is 3.29. The monoisotopic (exact) mass is 412 g/mol. The lowest BCUT2D eigenvalue weighted by atomic mass is 10.2. The Morgan fingerprint density at radius 3 is 2.57 bits per heavy atom. The molecule has 2 aromatic rings. The van der Waals surface area contributed by atoms with Crippen LogP contribution in [0, 0.1) is 6.92 Å². The van der Waals surface area contributed by atoms with Crippen LogP contribution in [0.1, 0.15) is 23.7 Å². The molecular weight excluding hydrogens is 396 g/mol. The van der Waals surface area contributed by atoms with E-state index in [9.17, 15) is 0 Å². The molecule has 0 saturated heterocycles. The van der Waals surface area contributed by atoms with Crippen molar-refractivity contribution in [1.82, 2.24) is 10.3 Å². The van der Waals surface area contributed by atoms with Gasteiger partial charge < -0.3 is 10.1 Å². The Hall–Kier alpha value is -0.910. The van der Waals surface area contributed by atoms with E-state index in [4.69, 9.17) is 4.74 Å². The van der Waals surface area contributed by atoms with Gasteiger partial charge in [-0.25, -0.2) is 0 Å². The molecule has 1 aromatic carbocycles. The minimum absolute atomic E-state index is 0.455. The fourth-order valence-electron chi connectivity index (χ4n) is 1.93. The molecule has 0 spiro atoms. The second-order valence-corrected chi connectivity index (χ2v) is 6.43. The lowest BCUT2D eigenvalue weighted by Gasteiger charge is -2.13. The van der Waals surface area contributed by atoms with Crippen LogP contribution in [-0.2, 0) is 13.2 Å². The zero-order valence-electron chi connectivity index (χ0n) is 12.1. The SMILES string of the molecule is CCNCc1cc(Br)c(OCc2ncccc2C)c(Br)c1. The number of benzene rings is 1. The normalized spacial score (nSPS) is 10.7. The molecule has 1 N–H and O–H groups in total. The third kappa shape index (κ3) is 4.53. The standard InChI is InChI=1S/C16H18Br2N2O/c1-3-19-9-12-7-13(17)16(14(18)8-12)21-10-15-11(2)5-4-6-20-15/h4-8,19H,3,9-10H2,1-2H3. The lowest BCUT2D eigenvalue weighted by Crippen LogP contribution is -2.11. The Kier molecular flexibility index (Phi) is 6.21. The van der Waals surface area contributed by atoms with Crippen LogP contribution in [0.2, 0.25) is 0 Å². The Labute approximate surface area is 142 Å². The molecule has 0 radical (unpaired) electrons. The number of halogens is 2. The zero-order chi connectivity index (χ0) is 15.2. The molecule has 0 aliphatic carbocycles. The largest absolute Gasteiger partial charge is 0.485 e. The molecule has 0 amide bonds. The number of hydrogen-bond acceptors (Lipinski definition) is 3. The summed E-state index contributed by atoms with van der Waals surface area (Å²) in [4.78, 5) is 4.35. The van der Waals surface area contributed by atoms with Crippen LogP contribution in [-0.4, -0.2) is 11.5 Å². The number of hydrogen-bond donors (Lipinski definition) is 1. The maximum Gasteiger partial charge on any atom is 0.148 e. The molecule has 2 rings (SSSR count). The van der Waals surface area contributed by atoms with Gasteiger partial charge in [0.2, 0.25) is 0 Å². The number of nitrogens with one attached hydrogen (secondary N) is 1. The molecule has 0 atom stereocenters. The van der Waals surface area contributed by atoms with E-state index >= 15 is 0 Å². The summed E-state index contributed by atoms with van der Waals surface area (Å²) < 4.78 is 7.80. The summed E-state index contributed by atoms with van der Waals surface area (Å²) >= 11 is 7.16. The summed E-state index contributed by atoms with van der Waals surface area (Å²) in [6, 6.07) is 8.12. The van der Waals surface area contributed by atoms with Gasteiger partial charge in [0.15, 0.2) is 0 Å². The van der Waals surface area contributed by atoms with E-state index in [0.29, 0.717) is 6.61 Å². The summed E-state index contributed by atoms with van der Waals surface area (Å²) in [6.45, 7) is 6.38. The van der Waals surface area contributed by atoms with Crippen molar-refractivity contribution in [3.63, 3.8) is 0 Å². The summed E-state index contributed by atoms with van der Waals surface area (Å²) in [5.74, 6) is 0.806. The highest BCUT2D eigenvalue weighted by Gasteiger charge is 2.10. The van der Waals surface area contributed by atoms with Crippen molar-refractivity contribution in [2.75, 3.05) is 6.54 Å². The van der Waals surface area contributed by atoms with E-state index in [1.54, 1.807) is 6.20 Å². The molecule has 1 aromatic heterocycles. The Bertz CT molecular complexity index is 594. The van der Waals surface area contributed by atoms with Crippen LogP contribution in [0.25, 0.3) is 0 Å². The van der Waals surface area contributed by atoms with Crippen molar-refractivity contribution in [2.45, 2.75) is 27.0 Å². The zero-order valence-corrected chi connectivity index (χ0v) is 15.3. The highest BCUT2D eigenvalue weighted by Crippen LogP contribution is 2.35. The van der Waals surface area contributed by atoms with Crippen LogP contribution >= 0.6 is 31.9 Å². The van der Waals surface area contributed by atoms with Crippen LogP contribution in [0.5, 0.6) is 5.75 Å². The summed E-state index contributed by atoms with van der Waals surface area (Å²) in [7, 11) is 0. The summed E-state index contributed by atoms with van der Waals surface area (Å²) in [6.07, 6.45) is 1.79. The molecule has 5 heteroatoms. The maximum absolute atomic E-state index is 5.92. The van der Waals surface area contributed by atoms with Crippen LogP contribution in [0.15, 0.2) is 39.4 Å². The molecule has 0 saturated carbocycles. The van der Waals surface area contributed by atoms with Crippen molar-refractivity contribution in [3.8, 4) is 5.75 Å². The number of pyridine rings is 1. The first-order chi connectivity index (χ1) is 10.1. The van der Waals surface area contributed by atoms with Gasteiger partial charge >= 0.3 is 0 Å². The molecule has 112 valence electrons. The Morgan fingerprint density at radius 1 is 1.24 bits per heavy atom. The fourth-order valence-corrected chi connectivity index (χ4v) is 3.44. The van der Waals surface area contributed by atoms with Gasteiger partial charge in [-0.3, -0.25) is 4.98 Å². The van der Waals surface area contributed by atoms with E-state index < -0.39 is 0 Å². The number of ether oxygens (including phenoxy) is 1. The molecule has 3 nitrogen and oxygen atoms in total. The van der Waals surface area contributed by atoms with Crippen LogP contribution < -0.4 is 10.1 Å².